The summed E-state index contributed by atoms with van der Waals surface area (Å²) >= 11 is 0. The van der Waals surface area contributed by atoms with Gasteiger partial charge in [0.15, 0.2) is 5.69 Å². The summed E-state index contributed by atoms with van der Waals surface area (Å²) in [5, 5.41) is 0. The molecular weight excluding hydrogens is 145 g/mol. The summed E-state index contributed by atoms with van der Waals surface area (Å²) in [6, 6.07) is 0. The van der Waals surface area contributed by atoms with Crippen molar-refractivity contribution in [3.05, 3.63) is 24.3 Å². The second-order valence-corrected chi connectivity index (χ2v) is 1.53. The van der Waals surface area contributed by atoms with Crippen molar-refractivity contribution in [2.45, 2.75) is 6.18 Å². The van der Waals surface area contributed by atoms with Gasteiger partial charge in [0.1, 0.15) is 6.20 Å². The Balaban J connectivity index is 2.97. The monoisotopic (exact) mass is 147 g/mol. The summed E-state index contributed by atoms with van der Waals surface area (Å²) in [7, 11) is 0. The fourth-order valence-electron chi connectivity index (χ4n) is 0.405. The summed E-state index contributed by atoms with van der Waals surface area (Å²) in [5.41, 5.74) is -1.02. The smallest absolute Gasteiger partial charge is 0.260 e. The minimum absolute atomic E-state index is 0.649. The van der Waals surface area contributed by atoms with E-state index in [2.05, 4.69) is 9.97 Å². The Kier molecular flexibility index (Phi) is 1.57. The Morgan fingerprint density at radius 1 is 1.40 bits per heavy atom. The lowest BCUT2D eigenvalue weighted by Gasteiger charge is -2.01. The van der Waals surface area contributed by atoms with E-state index in [0.717, 1.165) is 6.20 Å². The van der Waals surface area contributed by atoms with Crippen LogP contribution in [0.25, 0.3) is 0 Å². The van der Waals surface area contributed by atoms with Gasteiger partial charge in [-0.05, 0) is 0 Å². The van der Waals surface area contributed by atoms with Crippen LogP contribution in [0.1, 0.15) is 5.69 Å². The normalized spacial score (nSPS) is 11.5. The number of hydrogen-bond acceptors (Lipinski definition) is 2. The van der Waals surface area contributed by atoms with Crippen molar-refractivity contribution in [2.24, 2.45) is 0 Å². The molecule has 0 spiro atoms. The van der Waals surface area contributed by atoms with E-state index in [4.69, 9.17) is 0 Å². The van der Waals surface area contributed by atoms with Crippen molar-refractivity contribution in [3.8, 4) is 0 Å². The zero-order chi connectivity index (χ0) is 7.61. The molecule has 1 heterocycles. The molecule has 2 nitrogen and oxygen atoms in total. The molecule has 1 radical (unpaired) electrons. The molecular formula is C5H2F3N2. The predicted molar refractivity (Wildman–Crippen MR) is 25.9 cm³/mol. The molecule has 5 heteroatoms. The van der Waals surface area contributed by atoms with Gasteiger partial charge in [-0.1, -0.05) is 0 Å². The Morgan fingerprint density at radius 3 is 2.40 bits per heavy atom. The second-order valence-electron chi connectivity index (χ2n) is 1.53. The zero-order valence-corrected chi connectivity index (χ0v) is 4.68. The van der Waals surface area contributed by atoms with Crippen molar-refractivity contribution in [3.63, 3.8) is 0 Å². The molecule has 53 valence electrons. The maximum atomic E-state index is 11.7. The van der Waals surface area contributed by atoms with Crippen LogP contribution in [0.5, 0.6) is 0 Å². The lowest BCUT2D eigenvalue weighted by atomic mass is 10.4. The maximum Gasteiger partial charge on any atom is 0.434 e. The average molecular weight is 147 g/mol. The van der Waals surface area contributed by atoms with Gasteiger partial charge in [0.05, 0.1) is 12.4 Å². The van der Waals surface area contributed by atoms with Crippen LogP contribution in [0.2, 0.25) is 0 Å². The van der Waals surface area contributed by atoms with Gasteiger partial charge in [0, 0.05) is 0 Å². The van der Waals surface area contributed by atoms with E-state index in [1.54, 1.807) is 0 Å². The van der Waals surface area contributed by atoms with E-state index in [1.165, 1.54) is 0 Å². The Hall–Kier alpha value is -1.13. The third kappa shape index (κ3) is 1.43. The van der Waals surface area contributed by atoms with Gasteiger partial charge in [-0.25, -0.2) is 4.98 Å². The molecule has 0 aliphatic carbocycles. The Morgan fingerprint density at radius 2 is 2.10 bits per heavy atom. The van der Waals surface area contributed by atoms with Gasteiger partial charge >= 0.3 is 6.18 Å². The van der Waals surface area contributed by atoms with Crippen molar-refractivity contribution in [1.29, 1.82) is 0 Å². The molecule has 1 aromatic rings. The van der Waals surface area contributed by atoms with E-state index in [1.807, 2.05) is 6.20 Å². The third-order valence-electron chi connectivity index (χ3n) is 0.805. The van der Waals surface area contributed by atoms with Gasteiger partial charge in [0.25, 0.3) is 0 Å². The maximum absolute atomic E-state index is 11.7. The molecule has 1 aromatic heterocycles. The fraction of sp³-hybridized carbons (Fsp3) is 0.200. The van der Waals surface area contributed by atoms with Crippen LogP contribution in [0.4, 0.5) is 13.2 Å². The standard InChI is InChI=1S/C5H2F3N2/c6-5(7,8)4-3-9-1-2-10-4/h1,3H. The van der Waals surface area contributed by atoms with Gasteiger partial charge < -0.3 is 0 Å². The number of nitrogens with zero attached hydrogens (tertiary/aromatic N) is 2. The number of hydrogen-bond donors (Lipinski definition) is 0. The molecule has 10 heavy (non-hydrogen) atoms. The Labute approximate surface area is 54.7 Å². The SMILES string of the molecule is FC(F)(F)c1cnc[c]n1. The summed E-state index contributed by atoms with van der Waals surface area (Å²) in [5.74, 6) is 0. The van der Waals surface area contributed by atoms with E-state index >= 15 is 0 Å². The summed E-state index contributed by atoms with van der Waals surface area (Å²) in [4.78, 5) is 6.15. The van der Waals surface area contributed by atoms with Crippen LogP contribution in [-0.2, 0) is 6.18 Å². The molecule has 0 unspecified atom stereocenters. The number of alkyl halides is 3. The summed E-state index contributed by atoms with van der Waals surface area (Å²) in [6.07, 6.45) is -0.712. The summed E-state index contributed by atoms with van der Waals surface area (Å²) < 4.78 is 35.0. The topological polar surface area (TPSA) is 25.8 Å². The number of aromatic nitrogens is 2. The fourth-order valence-corrected chi connectivity index (χ4v) is 0.405. The highest BCUT2D eigenvalue weighted by molar-refractivity contribution is 4.98. The molecule has 0 fully saturated rings. The molecule has 0 aromatic carbocycles. The van der Waals surface area contributed by atoms with Crippen molar-refractivity contribution in [1.82, 2.24) is 9.97 Å². The van der Waals surface area contributed by atoms with Gasteiger partial charge in [-0.2, -0.15) is 13.2 Å². The molecule has 0 atom stereocenters. The van der Waals surface area contributed by atoms with Crippen molar-refractivity contribution >= 4 is 0 Å². The van der Waals surface area contributed by atoms with Crippen LogP contribution in [0.15, 0.2) is 12.4 Å². The van der Waals surface area contributed by atoms with E-state index in [0.29, 0.717) is 6.20 Å². The molecule has 0 saturated heterocycles. The highest BCUT2D eigenvalue weighted by Crippen LogP contribution is 2.25. The zero-order valence-electron chi connectivity index (χ0n) is 4.68. The first-order valence-corrected chi connectivity index (χ1v) is 2.36. The molecule has 1 rings (SSSR count). The first-order chi connectivity index (χ1) is 4.61. The minimum Gasteiger partial charge on any atom is -0.260 e. The highest BCUT2D eigenvalue weighted by atomic mass is 19.4. The molecule has 0 bridgehead atoms. The van der Waals surface area contributed by atoms with Crippen LogP contribution in [0.3, 0.4) is 0 Å². The predicted octanol–water partition coefficient (Wildman–Crippen LogP) is 1.30. The van der Waals surface area contributed by atoms with Crippen molar-refractivity contribution in [2.75, 3.05) is 0 Å². The third-order valence-corrected chi connectivity index (χ3v) is 0.805. The van der Waals surface area contributed by atoms with E-state index in [-0.39, 0.29) is 0 Å². The van der Waals surface area contributed by atoms with E-state index < -0.39 is 11.9 Å². The quantitative estimate of drug-likeness (QED) is 0.552. The second kappa shape index (κ2) is 2.24. The van der Waals surface area contributed by atoms with Crippen LogP contribution in [-0.4, -0.2) is 9.97 Å². The minimum atomic E-state index is -4.41. The van der Waals surface area contributed by atoms with Crippen LogP contribution >= 0.6 is 0 Å². The molecule has 0 aliphatic heterocycles. The average Bonchev–Trinajstić information content (AvgIpc) is 1.88. The van der Waals surface area contributed by atoms with E-state index in [9.17, 15) is 13.2 Å². The molecule has 0 aliphatic rings. The molecule has 0 saturated carbocycles. The van der Waals surface area contributed by atoms with Crippen molar-refractivity contribution < 1.29 is 13.2 Å². The highest BCUT2D eigenvalue weighted by Gasteiger charge is 2.32. The first-order valence-electron chi connectivity index (χ1n) is 2.36. The van der Waals surface area contributed by atoms with Gasteiger partial charge in [-0.15, -0.1) is 0 Å². The van der Waals surface area contributed by atoms with Gasteiger partial charge in [0.2, 0.25) is 0 Å². The molecule has 0 N–H and O–H groups in total. The van der Waals surface area contributed by atoms with Crippen LogP contribution in [0, 0.1) is 6.20 Å². The number of halogens is 3. The largest absolute Gasteiger partial charge is 0.434 e. The molecule has 0 amide bonds. The summed E-state index contributed by atoms with van der Waals surface area (Å²) in [6.45, 7) is 0. The lowest BCUT2D eigenvalue weighted by Crippen LogP contribution is -2.07. The Bertz CT molecular complexity index is 206. The van der Waals surface area contributed by atoms with Crippen LogP contribution < -0.4 is 0 Å². The first kappa shape index (κ1) is 6.98. The number of rotatable bonds is 0. The van der Waals surface area contributed by atoms with Gasteiger partial charge in [-0.3, -0.25) is 4.98 Å². The lowest BCUT2D eigenvalue weighted by molar-refractivity contribution is -0.141.